The number of hydrogen-bond donors (Lipinski definition) is 1. The van der Waals surface area contributed by atoms with Gasteiger partial charge in [-0.15, -0.1) is 11.3 Å². The Morgan fingerprint density at radius 3 is 2.43 bits per heavy atom. The third-order valence-electron chi connectivity index (χ3n) is 5.40. The van der Waals surface area contributed by atoms with Gasteiger partial charge < -0.3 is 5.11 Å². The number of nitrogens with zero attached hydrogens (tertiary/aromatic N) is 1. The van der Waals surface area contributed by atoms with Crippen molar-refractivity contribution in [1.82, 2.24) is 0 Å². The SMILES string of the molecule is C[C@@H]1CCC[N+]1(C(=O)O)C(=O)CC(SC(=O)c1ccccc1)C(=O)c1ccc(Cl)s1. The highest BCUT2D eigenvalue weighted by atomic mass is 35.5. The van der Waals surface area contributed by atoms with Gasteiger partial charge in [-0.1, -0.05) is 53.7 Å². The zero-order chi connectivity index (χ0) is 21.9. The van der Waals surface area contributed by atoms with E-state index in [1.54, 1.807) is 49.4 Å². The van der Waals surface area contributed by atoms with Gasteiger partial charge in [0.05, 0.1) is 27.4 Å². The Bertz CT molecular complexity index is 977. The first-order valence-corrected chi connectivity index (χ1v) is 11.5. The normalized spacial score (nSPS) is 21.9. The summed E-state index contributed by atoms with van der Waals surface area (Å²) >= 11 is 7.78. The number of ketones is 1. The number of Topliss-reactive ketones (excluding diaryl/α,β-unsaturated/α-hetero) is 1. The lowest BCUT2D eigenvalue weighted by molar-refractivity contribution is -0.792. The van der Waals surface area contributed by atoms with Gasteiger partial charge in [0.15, 0.2) is 5.78 Å². The van der Waals surface area contributed by atoms with E-state index in [2.05, 4.69) is 0 Å². The van der Waals surface area contributed by atoms with E-state index in [0.29, 0.717) is 27.6 Å². The van der Waals surface area contributed by atoms with Gasteiger partial charge in [0.25, 0.3) is 0 Å². The second kappa shape index (κ2) is 9.43. The number of hydrogen-bond acceptors (Lipinski definition) is 6. The van der Waals surface area contributed by atoms with Crippen LogP contribution in [0, 0.1) is 0 Å². The van der Waals surface area contributed by atoms with Crippen LogP contribution in [0.5, 0.6) is 0 Å². The summed E-state index contributed by atoms with van der Waals surface area (Å²) in [7, 11) is 0. The Balaban J connectivity index is 1.89. The van der Waals surface area contributed by atoms with Crippen molar-refractivity contribution in [2.24, 2.45) is 0 Å². The summed E-state index contributed by atoms with van der Waals surface area (Å²) in [5.41, 5.74) is 0.411. The predicted molar refractivity (Wildman–Crippen MR) is 117 cm³/mol. The molecule has 3 rings (SSSR count). The van der Waals surface area contributed by atoms with Crippen LogP contribution in [0.2, 0.25) is 4.34 Å². The van der Waals surface area contributed by atoms with E-state index < -0.39 is 27.5 Å². The number of thioether (sulfide) groups is 1. The summed E-state index contributed by atoms with van der Waals surface area (Å²) in [6.45, 7) is 1.93. The van der Waals surface area contributed by atoms with Gasteiger partial charge in [0, 0.05) is 18.4 Å². The first-order chi connectivity index (χ1) is 14.3. The average Bonchev–Trinajstić information content (AvgIpc) is 3.33. The summed E-state index contributed by atoms with van der Waals surface area (Å²) in [4.78, 5) is 51.4. The molecule has 0 saturated carbocycles. The van der Waals surface area contributed by atoms with Gasteiger partial charge in [-0.3, -0.25) is 9.59 Å². The summed E-state index contributed by atoms with van der Waals surface area (Å²) in [6, 6.07) is 11.2. The van der Waals surface area contributed by atoms with Crippen LogP contribution in [0.25, 0.3) is 0 Å². The number of likely N-dealkylation sites (tertiary alicyclic amines) is 1. The number of benzene rings is 1. The lowest BCUT2D eigenvalue weighted by atomic mass is 10.1. The Morgan fingerprint density at radius 1 is 1.20 bits per heavy atom. The zero-order valence-electron chi connectivity index (χ0n) is 16.2. The Labute approximate surface area is 187 Å². The molecule has 1 aliphatic rings. The predicted octanol–water partition coefficient (Wildman–Crippen LogP) is 5.12. The molecule has 0 radical (unpaired) electrons. The molecule has 1 fully saturated rings. The van der Waals surface area contributed by atoms with E-state index >= 15 is 0 Å². The van der Waals surface area contributed by atoms with Crippen LogP contribution in [0.15, 0.2) is 42.5 Å². The summed E-state index contributed by atoms with van der Waals surface area (Å²) < 4.78 is -0.278. The first-order valence-electron chi connectivity index (χ1n) is 9.46. The van der Waals surface area contributed by atoms with E-state index in [-0.39, 0.29) is 24.1 Å². The second-order valence-corrected chi connectivity index (χ2v) is 10.1. The number of carboxylic acid groups (broad SMARTS) is 1. The van der Waals surface area contributed by atoms with Gasteiger partial charge in [0.1, 0.15) is 6.04 Å². The summed E-state index contributed by atoms with van der Waals surface area (Å²) in [6.07, 6.45) is -0.314. The van der Waals surface area contributed by atoms with Crippen LogP contribution < -0.4 is 0 Å². The first kappa shape index (κ1) is 22.7. The van der Waals surface area contributed by atoms with Gasteiger partial charge in [0.2, 0.25) is 5.12 Å². The minimum absolute atomic E-state index is 0.193. The molecule has 6 nitrogen and oxygen atoms in total. The fraction of sp³-hybridized carbons (Fsp3) is 0.333. The highest BCUT2D eigenvalue weighted by molar-refractivity contribution is 8.15. The van der Waals surface area contributed by atoms with E-state index in [0.717, 1.165) is 23.1 Å². The minimum atomic E-state index is -1.21. The molecule has 158 valence electrons. The number of thiophene rings is 1. The van der Waals surface area contributed by atoms with Crippen molar-refractivity contribution >= 4 is 57.6 Å². The van der Waals surface area contributed by atoms with Crippen LogP contribution in [0.1, 0.15) is 46.2 Å². The number of rotatable bonds is 6. The monoisotopic (exact) mass is 466 g/mol. The fourth-order valence-electron chi connectivity index (χ4n) is 3.72. The Morgan fingerprint density at radius 2 is 1.90 bits per heavy atom. The highest BCUT2D eigenvalue weighted by Gasteiger charge is 2.53. The maximum Gasteiger partial charge on any atom is 0.521 e. The molecule has 1 aliphatic heterocycles. The van der Waals surface area contributed by atoms with Gasteiger partial charge in [-0.25, -0.2) is 4.79 Å². The zero-order valence-corrected chi connectivity index (χ0v) is 18.6. The molecule has 2 amide bonds. The maximum absolute atomic E-state index is 13.2. The molecule has 0 aliphatic carbocycles. The molecule has 0 spiro atoms. The topological polar surface area (TPSA) is 88.5 Å². The van der Waals surface area contributed by atoms with Crippen molar-refractivity contribution in [3.63, 3.8) is 0 Å². The third kappa shape index (κ3) is 4.51. The number of imide groups is 1. The molecule has 1 N–H and O–H groups in total. The molecule has 2 heterocycles. The number of carbonyl (C=O) groups is 4. The largest absolute Gasteiger partial charge is 0.521 e. The van der Waals surface area contributed by atoms with E-state index in [1.165, 1.54) is 0 Å². The summed E-state index contributed by atoms with van der Waals surface area (Å²) in [5.74, 6) is -0.952. The molecule has 30 heavy (non-hydrogen) atoms. The molecule has 1 aromatic carbocycles. The molecular formula is C21H21ClNO5S2+. The van der Waals surface area contributed by atoms with E-state index in [4.69, 9.17) is 11.6 Å². The number of carbonyl (C=O) groups excluding carboxylic acids is 3. The minimum Gasteiger partial charge on any atom is -0.435 e. The Hall–Kier alpha value is -2.00. The molecule has 1 saturated heterocycles. The van der Waals surface area contributed by atoms with Gasteiger partial charge in [-0.2, -0.15) is 9.28 Å². The van der Waals surface area contributed by atoms with Crippen molar-refractivity contribution in [2.45, 2.75) is 37.5 Å². The third-order valence-corrected chi connectivity index (χ3v) is 7.76. The fourth-order valence-corrected chi connectivity index (χ4v) is 5.83. The highest BCUT2D eigenvalue weighted by Crippen LogP contribution is 2.33. The number of quaternary nitrogens is 1. The van der Waals surface area contributed by atoms with Crippen LogP contribution >= 0.6 is 34.7 Å². The molecule has 3 atom stereocenters. The van der Waals surface area contributed by atoms with Crippen molar-refractivity contribution in [3.8, 4) is 0 Å². The second-order valence-electron chi connectivity index (χ2n) is 7.19. The van der Waals surface area contributed by atoms with Crippen molar-refractivity contribution in [1.29, 1.82) is 0 Å². The molecule has 2 unspecified atom stereocenters. The lowest BCUT2D eigenvalue weighted by Crippen LogP contribution is -2.59. The molecular weight excluding hydrogens is 446 g/mol. The van der Waals surface area contributed by atoms with E-state index in [1.807, 2.05) is 0 Å². The van der Waals surface area contributed by atoms with Crippen LogP contribution in [-0.2, 0) is 4.79 Å². The molecule has 1 aromatic heterocycles. The van der Waals surface area contributed by atoms with Crippen molar-refractivity contribution in [3.05, 3.63) is 57.2 Å². The van der Waals surface area contributed by atoms with Gasteiger partial charge in [-0.05, 0) is 19.1 Å². The number of amides is 2. The molecule has 0 bridgehead atoms. The standard InChI is InChI=1S/C21H20ClNO5S2/c1-13-6-5-11-23(13,21(27)28)18(24)12-16(19(25)15-9-10-17(22)29-15)30-20(26)14-7-3-2-4-8-14/h2-4,7-10,13,16H,5-6,11-12H2,1H3/p+1/t13-,16?,23?/m1/s1. The number of halogens is 1. The quantitative estimate of drug-likeness (QED) is 0.469. The van der Waals surface area contributed by atoms with Crippen LogP contribution in [0.4, 0.5) is 4.79 Å². The maximum atomic E-state index is 13.2. The van der Waals surface area contributed by atoms with Crippen LogP contribution in [-0.4, -0.2) is 50.3 Å². The van der Waals surface area contributed by atoms with Crippen molar-refractivity contribution < 1.29 is 28.8 Å². The van der Waals surface area contributed by atoms with Crippen LogP contribution in [0.3, 0.4) is 0 Å². The average molecular weight is 467 g/mol. The van der Waals surface area contributed by atoms with E-state index in [9.17, 15) is 24.3 Å². The van der Waals surface area contributed by atoms with Gasteiger partial charge >= 0.3 is 12.0 Å². The molecule has 2 aromatic rings. The molecule has 9 heteroatoms. The summed E-state index contributed by atoms with van der Waals surface area (Å²) in [5, 5.41) is 8.44. The lowest BCUT2D eigenvalue weighted by Gasteiger charge is -2.30. The smallest absolute Gasteiger partial charge is 0.435 e. The Kier molecular flexibility index (Phi) is 7.13. The van der Waals surface area contributed by atoms with Crippen molar-refractivity contribution in [2.75, 3.05) is 6.54 Å².